The van der Waals surface area contributed by atoms with Gasteiger partial charge in [0.25, 0.3) is 0 Å². The van der Waals surface area contributed by atoms with Crippen molar-refractivity contribution in [3.63, 3.8) is 0 Å². The van der Waals surface area contributed by atoms with Gasteiger partial charge >= 0.3 is 6.09 Å². The van der Waals surface area contributed by atoms with E-state index in [0.29, 0.717) is 6.54 Å². The molecule has 1 saturated heterocycles. The summed E-state index contributed by atoms with van der Waals surface area (Å²) in [7, 11) is -3.46. The lowest BCUT2D eigenvalue weighted by molar-refractivity contribution is 0.0512. The lowest BCUT2D eigenvalue weighted by Crippen LogP contribution is -2.50. The van der Waals surface area contributed by atoms with Gasteiger partial charge in [-0.1, -0.05) is 34.5 Å². The number of hydrogen-bond acceptors (Lipinski definition) is 4. The zero-order valence-corrected chi connectivity index (χ0v) is 17.9. The van der Waals surface area contributed by atoms with E-state index in [9.17, 15) is 13.2 Å². The number of carbonyl (C=O) groups is 1. The second kappa shape index (κ2) is 8.71. The van der Waals surface area contributed by atoms with Gasteiger partial charge in [0.05, 0.1) is 5.75 Å². The molecule has 146 valence electrons. The second-order valence-electron chi connectivity index (χ2n) is 7.53. The number of carbonyl (C=O) groups excluding carboxylic acids is 1. The van der Waals surface area contributed by atoms with Gasteiger partial charge < -0.3 is 10.1 Å². The molecule has 6 nitrogen and oxygen atoms in total. The number of sulfonamides is 1. The zero-order chi connectivity index (χ0) is 19.4. The number of nitrogens with zero attached hydrogens (tertiary/aromatic N) is 1. The van der Waals surface area contributed by atoms with Crippen molar-refractivity contribution in [2.45, 2.75) is 57.4 Å². The molecule has 1 aliphatic rings. The van der Waals surface area contributed by atoms with E-state index in [1.165, 1.54) is 4.31 Å². The maximum Gasteiger partial charge on any atom is 0.407 e. The van der Waals surface area contributed by atoms with Crippen LogP contribution in [0.25, 0.3) is 0 Å². The van der Waals surface area contributed by atoms with Gasteiger partial charge in [0, 0.05) is 23.6 Å². The maximum atomic E-state index is 12.9. The summed E-state index contributed by atoms with van der Waals surface area (Å²) in [6, 6.07) is 7.04. The van der Waals surface area contributed by atoms with Gasteiger partial charge in [-0.3, -0.25) is 0 Å². The van der Waals surface area contributed by atoms with Crippen LogP contribution >= 0.6 is 15.9 Å². The van der Waals surface area contributed by atoms with Gasteiger partial charge in [0.2, 0.25) is 10.0 Å². The molecule has 0 saturated carbocycles. The lowest BCUT2D eigenvalue weighted by atomic mass is 10.1. The number of alkyl carbamates (subject to hydrolysis) is 1. The molecule has 8 heteroatoms. The highest BCUT2D eigenvalue weighted by molar-refractivity contribution is 9.10. The van der Waals surface area contributed by atoms with Crippen molar-refractivity contribution in [2.75, 3.05) is 13.1 Å². The molecule has 0 spiro atoms. The Hall–Kier alpha value is -1.12. The molecule has 0 aliphatic carbocycles. The molecule has 1 aromatic rings. The molecule has 1 aromatic carbocycles. The normalized spacial score (nSPS) is 19.2. The number of piperidine rings is 1. The number of rotatable bonds is 5. The third-order valence-corrected chi connectivity index (χ3v) is 6.50. The van der Waals surface area contributed by atoms with Crippen molar-refractivity contribution < 1.29 is 17.9 Å². The lowest BCUT2D eigenvalue weighted by Gasteiger charge is -2.35. The molecule has 1 unspecified atom stereocenters. The van der Waals surface area contributed by atoms with Gasteiger partial charge in [-0.15, -0.1) is 0 Å². The fraction of sp³-hybridized carbons (Fsp3) is 0.611. The van der Waals surface area contributed by atoms with Crippen molar-refractivity contribution in [1.29, 1.82) is 0 Å². The zero-order valence-electron chi connectivity index (χ0n) is 15.5. The quantitative estimate of drug-likeness (QED) is 0.748. The van der Waals surface area contributed by atoms with Crippen LogP contribution in [0.5, 0.6) is 0 Å². The topological polar surface area (TPSA) is 75.7 Å². The van der Waals surface area contributed by atoms with Crippen LogP contribution in [0, 0.1) is 0 Å². The van der Waals surface area contributed by atoms with Gasteiger partial charge in [-0.2, -0.15) is 4.31 Å². The highest BCUT2D eigenvalue weighted by atomic mass is 79.9. The molecule has 1 atom stereocenters. The summed E-state index contributed by atoms with van der Waals surface area (Å²) >= 11 is 3.35. The Labute approximate surface area is 164 Å². The average molecular weight is 447 g/mol. The third-order valence-electron chi connectivity index (χ3n) is 4.07. The van der Waals surface area contributed by atoms with Crippen LogP contribution in [0.4, 0.5) is 4.79 Å². The van der Waals surface area contributed by atoms with Gasteiger partial charge in [-0.05, 0) is 51.3 Å². The Bertz CT molecular complexity index is 714. The number of halogens is 1. The van der Waals surface area contributed by atoms with Crippen LogP contribution in [-0.4, -0.2) is 43.5 Å². The van der Waals surface area contributed by atoms with E-state index in [-0.39, 0.29) is 18.3 Å². The Kier molecular flexibility index (Phi) is 7.10. The van der Waals surface area contributed by atoms with E-state index < -0.39 is 21.7 Å². The summed E-state index contributed by atoms with van der Waals surface area (Å²) in [4.78, 5) is 11.9. The molecule has 1 fully saturated rings. The summed E-state index contributed by atoms with van der Waals surface area (Å²) in [6.45, 7) is 6.13. The van der Waals surface area contributed by atoms with Crippen molar-refractivity contribution in [1.82, 2.24) is 9.62 Å². The Balaban J connectivity index is 2.02. The largest absolute Gasteiger partial charge is 0.444 e. The predicted molar refractivity (Wildman–Crippen MR) is 105 cm³/mol. The molecule has 0 radical (unpaired) electrons. The first-order chi connectivity index (χ1) is 12.1. The predicted octanol–water partition coefficient (Wildman–Crippen LogP) is 3.66. The first-order valence-electron chi connectivity index (χ1n) is 8.78. The highest BCUT2D eigenvalue weighted by Crippen LogP contribution is 2.23. The van der Waals surface area contributed by atoms with E-state index >= 15 is 0 Å². The summed E-state index contributed by atoms with van der Waals surface area (Å²) < 4.78 is 33.5. The molecule has 0 aromatic heterocycles. The highest BCUT2D eigenvalue weighted by Gasteiger charge is 2.32. The van der Waals surface area contributed by atoms with Crippen LogP contribution in [0.15, 0.2) is 28.7 Å². The molecular weight excluding hydrogens is 420 g/mol. The molecule has 2 rings (SSSR count). The molecule has 26 heavy (non-hydrogen) atoms. The van der Waals surface area contributed by atoms with Crippen LogP contribution in [-0.2, 0) is 20.5 Å². The van der Waals surface area contributed by atoms with Crippen LogP contribution in [0.2, 0.25) is 0 Å². The minimum atomic E-state index is -3.46. The maximum absolute atomic E-state index is 12.9. The van der Waals surface area contributed by atoms with E-state index in [0.717, 1.165) is 29.3 Å². The monoisotopic (exact) mass is 446 g/mol. The average Bonchev–Trinajstić information content (AvgIpc) is 2.53. The first kappa shape index (κ1) is 21.2. The van der Waals surface area contributed by atoms with E-state index in [1.807, 2.05) is 12.1 Å². The van der Waals surface area contributed by atoms with E-state index in [2.05, 4.69) is 21.2 Å². The standard InChI is InChI=1S/C18H27BrN2O4S/c1-18(2,3)25-17(22)20-12-16-6-4-5-11-21(16)26(23,24)13-14-7-9-15(19)10-8-14/h7-10,16H,4-6,11-13H2,1-3H3,(H,20,22). The van der Waals surface area contributed by atoms with Gasteiger partial charge in [-0.25, -0.2) is 13.2 Å². The summed E-state index contributed by atoms with van der Waals surface area (Å²) in [5.74, 6) is -0.0385. The fourth-order valence-electron chi connectivity index (χ4n) is 2.93. The Morgan fingerprint density at radius 3 is 2.54 bits per heavy atom. The molecule has 0 bridgehead atoms. The number of ether oxygens (including phenoxy) is 1. The molecule has 1 aliphatic heterocycles. The Morgan fingerprint density at radius 2 is 1.92 bits per heavy atom. The second-order valence-corrected chi connectivity index (χ2v) is 10.4. The summed E-state index contributed by atoms with van der Waals surface area (Å²) in [6.07, 6.45) is 2.00. The van der Waals surface area contributed by atoms with Crippen LogP contribution in [0.1, 0.15) is 45.6 Å². The van der Waals surface area contributed by atoms with Crippen molar-refractivity contribution in [3.8, 4) is 0 Å². The summed E-state index contributed by atoms with van der Waals surface area (Å²) in [5, 5.41) is 2.71. The molecule has 1 heterocycles. The smallest absolute Gasteiger partial charge is 0.407 e. The number of hydrogen-bond donors (Lipinski definition) is 1. The van der Waals surface area contributed by atoms with Crippen molar-refractivity contribution in [3.05, 3.63) is 34.3 Å². The van der Waals surface area contributed by atoms with E-state index in [1.54, 1.807) is 32.9 Å². The van der Waals surface area contributed by atoms with Crippen LogP contribution in [0.3, 0.4) is 0 Å². The molecular formula is C18H27BrN2O4S. The van der Waals surface area contributed by atoms with Crippen LogP contribution < -0.4 is 5.32 Å². The number of benzene rings is 1. The SMILES string of the molecule is CC(C)(C)OC(=O)NCC1CCCCN1S(=O)(=O)Cc1ccc(Br)cc1. The summed E-state index contributed by atoms with van der Waals surface area (Å²) in [5.41, 5.74) is 0.168. The fourth-order valence-corrected chi connectivity index (χ4v) is 5.02. The first-order valence-corrected chi connectivity index (χ1v) is 11.2. The van der Waals surface area contributed by atoms with Crippen molar-refractivity contribution in [2.24, 2.45) is 0 Å². The molecule has 1 N–H and O–H groups in total. The number of nitrogens with one attached hydrogen (secondary N) is 1. The molecule has 1 amide bonds. The van der Waals surface area contributed by atoms with Crippen molar-refractivity contribution >= 4 is 32.0 Å². The van der Waals surface area contributed by atoms with Gasteiger partial charge in [0.15, 0.2) is 0 Å². The number of amides is 1. The van der Waals surface area contributed by atoms with Gasteiger partial charge in [0.1, 0.15) is 5.60 Å². The third kappa shape index (κ3) is 6.55. The van der Waals surface area contributed by atoms with E-state index in [4.69, 9.17) is 4.74 Å². The minimum absolute atomic E-state index is 0.0385. The minimum Gasteiger partial charge on any atom is -0.444 e. The Morgan fingerprint density at radius 1 is 1.27 bits per heavy atom.